The van der Waals surface area contributed by atoms with Crippen molar-refractivity contribution in [3.63, 3.8) is 0 Å². The van der Waals surface area contributed by atoms with Gasteiger partial charge in [-0.1, -0.05) is 54.4 Å². The molecule has 1 atom stereocenters. The summed E-state index contributed by atoms with van der Waals surface area (Å²) < 4.78 is 29.4. The molecule has 1 fully saturated rings. The number of likely N-dealkylation sites (tertiary alicyclic amines) is 1. The molecule has 5 rings (SSSR count). The maximum atomic E-state index is 13.9. The molecule has 0 amide bonds. The van der Waals surface area contributed by atoms with Gasteiger partial charge in [-0.05, 0) is 56.1 Å². The lowest BCUT2D eigenvalue weighted by Gasteiger charge is -2.36. The fourth-order valence-electron chi connectivity index (χ4n) is 4.94. The molecular formula is C27H27N3O4S. The molecule has 1 saturated heterocycles. The summed E-state index contributed by atoms with van der Waals surface area (Å²) in [5.74, 6) is 0. The summed E-state index contributed by atoms with van der Waals surface area (Å²) in [7, 11) is -3.82. The molecule has 8 heteroatoms. The Hall–Kier alpha value is -3.49. The van der Waals surface area contributed by atoms with Crippen LogP contribution in [0.2, 0.25) is 0 Å². The highest BCUT2D eigenvalue weighted by molar-refractivity contribution is 7.90. The fourth-order valence-corrected chi connectivity index (χ4v) is 6.51. The maximum absolute atomic E-state index is 13.9. The minimum Gasteiger partial charge on any atom is -0.291 e. The van der Waals surface area contributed by atoms with E-state index in [0.717, 1.165) is 48.0 Å². The predicted molar refractivity (Wildman–Crippen MR) is 136 cm³/mol. The lowest BCUT2D eigenvalue weighted by molar-refractivity contribution is -0.384. The number of aromatic nitrogens is 1. The minimum atomic E-state index is -3.82. The van der Waals surface area contributed by atoms with Crippen molar-refractivity contribution in [3.05, 3.63) is 106 Å². The van der Waals surface area contributed by atoms with E-state index in [1.54, 1.807) is 24.3 Å². The quantitative estimate of drug-likeness (QED) is 0.252. The summed E-state index contributed by atoms with van der Waals surface area (Å²) in [5.41, 5.74) is 3.46. The van der Waals surface area contributed by atoms with Crippen molar-refractivity contribution in [2.24, 2.45) is 0 Å². The molecule has 1 aromatic heterocycles. The highest BCUT2D eigenvalue weighted by atomic mass is 32.2. The summed E-state index contributed by atoms with van der Waals surface area (Å²) in [6, 6.07) is 23.1. The second-order valence-electron chi connectivity index (χ2n) is 9.12. The molecule has 2 heterocycles. The van der Waals surface area contributed by atoms with Gasteiger partial charge in [0.15, 0.2) is 0 Å². The zero-order valence-corrected chi connectivity index (χ0v) is 20.3. The van der Waals surface area contributed by atoms with Gasteiger partial charge in [0.2, 0.25) is 0 Å². The van der Waals surface area contributed by atoms with E-state index in [1.165, 1.54) is 16.1 Å². The third-order valence-electron chi connectivity index (χ3n) is 6.74. The Balaban J connectivity index is 1.58. The van der Waals surface area contributed by atoms with Crippen molar-refractivity contribution < 1.29 is 13.3 Å². The predicted octanol–water partition coefficient (Wildman–Crippen LogP) is 5.82. The van der Waals surface area contributed by atoms with Gasteiger partial charge in [0, 0.05) is 24.1 Å². The maximum Gasteiger partial charge on any atom is 0.269 e. The van der Waals surface area contributed by atoms with Crippen molar-refractivity contribution in [1.82, 2.24) is 8.87 Å². The standard InChI is InChI=1S/C27H27N3O4S/c1-20-9-15-24(16-10-20)35(33,34)29-25-7-3-2-6-22(25)18-27(29)26-8-4-5-17-28(26)19-21-11-13-23(14-12-21)30(31)32/h2-3,6-7,9-16,18,26H,4-5,8,17,19H2,1H3. The Kier molecular flexibility index (Phi) is 6.17. The van der Waals surface area contributed by atoms with Crippen LogP contribution >= 0.6 is 0 Å². The van der Waals surface area contributed by atoms with E-state index in [9.17, 15) is 18.5 Å². The smallest absolute Gasteiger partial charge is 0.269 e. The van der Waals surface area contributed by atoms with Gasteiger partial charge in [-0.25, -0.2) is 12.4 Å². The molecule has 1 unspecified atom stereocenters. The van der Waals surface area contributed by atoms with Crippen molar-refractivity contribution in [3.8, 4) is 0 Å². The average Bonchev–Trinajstić information content (AvgIpc) is 3.25. The number of hydrogen-bond acceptors (Lipinski definition) is 5. The van der Waals surface area contributed by atoms with Crippen LogP contribution in [-0.2, 0) is 16.6 Å². The number of non-ortho nitro benzene ring substituents is 1. The molecule has 4 aromatic rings. The molecule has 7 nitrogen and oxygen atoms in total. The van der Waals surface area contributed by atoms with Gasteiger partial charge in [0.1, 0.15) is 0 Å². The van der Waals surface area contributed by atoms with Crippen molar-refractivity contribution in [1.29, 1.82) is 0 Å². The van der Waals surface area contributed by atoms with Crippen LogP contribution in [0.15, 0.2) is 83.8 Å². The summed E-state index contributed by atoms with van der Waals surface area (Å²) in [6.45, 7) is 3.35. The number of nitrogens with zero attached hydrogens (tertiary/aromatic N) is 3. The Bertz CT molecular complexity index is 1480. The molecule has 3 aromatic carbocycles. The number of rotatable bonds is 6. The number of para-hydroxylation sites is 1. The summed E-state index contributed by atoms with van der Waals surface area (Å²) in [4.78, 5) is 13.2. The average molecular weight is 490 g/mol. The lowest BCUT2D eigenvalue weighted by atomic mass is 9.98. The third-order valence-corrected chi connectivity index (χ3v) is 8.50. The summed E-state index contributed by atoms with van der Waals surface area (Å²) in [5, 5.41) is 11.9. The minimum absolute atomic E-state index is 0.0632. The Labute approximate surface area is 204 Å². The summed E-state index contributed by atoms with van der Waals surface area (Å²) >= 11 is 0. The van der Waals surface area contributed by atoms with E-state index in [4.69, 9.17) is 0 Å². The first-order valence-electron chi connectivity index (χ1n) is 11.7. The Morgan fingerprint density at radius 3 is 2.40 bits per heavy atom. The number of benzene rings is 3. The molecule has 0 bridgehead atoms. The lowest BCUT2D eigenvalue weighted by Crippen LogP contribution is -2.35. The number of aryl methyl sites for hydroxylation is 1. The molecule has 0 saturated carbocycles. The van der Waals surface area contributed by atoms with Crippen molar-refractivity contribution in [2.45, 2.75) is 43.7 Å². The molecule has 35 heavy (non-hydrogen) atoms. The van der Waals surface area contributed by atoms with Gasteiger partial charge >= 0.3 is 0 Å². The summed E-state index contributed by atoms with van der Waals surface area (Å²) in [6.07, 6.45) is 2.87. The number of nitro groups is 1. The van der Waals surface area contributed by atoms with Gasteiger partial charge in [-0.3, -0.25) is 15.0 Å². The number of hydrogen-bond donors (Lipinski definition) is 0. The topological polar surface area (TPSA) is 85.5 Å². The molecule has 1 aliphatic rings. The van der Waals surface area contributed by atoms with Crippen molar-refractivity contribution in [2.75, 3.05) is 6.54 Å². The second kappa shape index (κ2) is 9.28. The number of piperidine rings is 1. The van der Waals surface area contributed by atoms with E-state index < -0.39 is 14.9 Å². The molecule has 180 valence electrons. The first-order valence-corrected chi connectivity index (χ1v) is 13.2. The van der Waals surface area contributed by atoms with E-state index >= 15 is 0 Å². The third kappa shape index (κ3) is 4.47. The van der Waals surface area contributed by atoms with Crippen LogP contribution in [0.3, 0.4) is 0 Å². The Morgan fingerprint density at radius 2 is 1.69 bits per heavy atom. The van der Waals surface area contributed by atoms with Crippen LogP contribution < -0.4 is 0 Å². The van der Waals surface area contributed by atoms with Crippen LogP contribution in [-0.4, -0.2) is 28.8 Å². The molecule has 0 N–H and O–H groups in total. The molecule has 0 aliphatic carbocycles. The van der Waals surface area contributed by atoms with E-state index in [2.05, 4.69) is 4.90 Å². The van der Waals surface area contributed by atoms with Gasteiger partial charge in [0.25, 0.3) is 15.7 Å². The monoisotopic (exact) mass is 489 g/mol. The molecule has 0 radical (unpaired) electrons. The van der Waals surface area contributed by atoms with E-state index in [0.29, 0.717) is 12.1 Å². The highest BCUT2D eigenvalue weighted by Crippen LogP contribution is 2.37. The number of nitro benzene ring substituents is 1. The zero-order valence-electron chi connectivity index (χ0n) is 19.5. The largest absolute Gasteiger partial charge is 0.291 e. The van der Waals surface area contributed by atoms with Crippen LogP contribution in [0.4, 0.5) is 5.69 Å². The van der Waals surface area contributed by atoms with Crippen LogP contribution in [0.1, 0.15) is 42.1 Å². The highest BCUT2D eigenvalue weighted by Gasteiger charge is 2.32. The molecule has 0 spiro atoms. The Morgan fingerprint density at radius 1 is 0.971 bits per heavy atom. The van der Waals surface area contributed by atoms with Crippen LogP contribution in [0.25, 0.3) is 10.9 Å². The fraction of sp³-hybridized carbons (Fsp3) is 0.259. The van der Waals surface area contributed by atoms with E-state index in [1.807, 2.05) is 49.4 Å². The first kappa shape index (κ1) is 23.3. The SMILES string of the molecule is Cc1ccc(S(=O)(=O)n2c(C3CCCCN3Cc3ccc([N+](=O)[O-])cc3)cc3ccccc32)cc1. The van der Waals surface area contributed by atoms with Crippen LogP contribution in [0.5, 0.6) is 0 Å². The van der Waals surface area contributed by atoms with Gasteiger partial charge < -0.3 is 0 Å². The normalized spacial score (nSPS) is 17.0. The van der Waals surface area contributed by atoms with Gasteiger partial charge in [0.05, 0.1) is 27.1 Å². The van der Waals surface area contributed by atoms with Crippen LogP contribution in [0, 0.1) is 17.0 Å². The molecule has 1 aliphatic heterocycles. The zero-order chi connectivity index (χ0) is 24.6. The van der Waals surface area contributed by atoms with Gasteiger partial charge in [-0.15, -0.1) is 0 Å². The molecular weight excluding hydrogens is 462 g/mol. The first-order chi connectivity index (χ1) is 16.8. The van der Waals surface area contributed by atoms with E-state index in [-0.39, 0.29) is 16.6 Å². The second-order valence-corrected chi connectivity index (χ2v) is 10.9. The number of fused-ring (bicyclic) bond motifs is 1. The van der Waals surface area contributed by atoms with Crippen molar-refractivity contribution >= 4 is 26.6 Å². The van der Waals surface area contributed by atoms with Gasteiger partial charge in [-0.2, -0.15) is 0 Å².